The van der Waals surface area contributed by atoms with Gasteiger partial charge in [-0.2, -0.15) is 0 Å². The summed E-state index contributed by atoms with van der Waals surface area (Å²) in [5, 5.41) is 3.29. The van der Waals surface area contributed by atoms with E-state index in [0.29, 0.717) is 12.6 Å². The fraction of sp³-hybridized carbons (Fsp3) is 0.409. The van der Waals surface area contributed by atoms with E-state index in [1.165, 1.54) is 23.1 Å². The van der Waals surface area contributed by atoms with Crippen molar-refractivity contribution in [1.29, 1.82) is 0 Å². The van der Waals surface area contributed by atoms with Crippen LogP contribution in [0.2, 0.25) is 0 Å². The smallest absolute Gasteiger partial charge is 0.234 e. The molecule has 1 N–H and O–H groups in total. The van der Waals surface area contributed by atoms with Crippen LogP contribution in [-0.2, 0) is 11.2 Å². The largest absolute Gasteiger partial charge is 0.348 e. The monoisotopic (exact) mass is 334 g/mol. The third-order valence-corrected chi connectivity index (χ3v) is 5.60. The third-order valence-electron chi connectivity index (χ3n) is 5.60. The van der Waals surface area contributed by atoms with E-state index in [0.717, 1.165) is 32.2 Å². The van der Waals surface area contributed by atoms with Crippen molar-refractivity contribution in [3.8, 4) is 0 Å². The Labute approximate surface area is 150 Å². The Morgan fingerprint density at radius 1 is 1.00 bits per heavy atom. The first kappa shape index (κ1) is 16.3. The standard InChI is InChI=1S/C22H26N2O/c25-22(23-20-13-6-11-17-8-4-5-12-19(17)20)16-24-15-7-14-21(24)18-9-2-1-3-10-18/h1-5,8-10,12,20-21H,6-7,11,13-16H2,(H,23,25). The van der Waals surface area contributed by atoms with Crippen molar-refractivity contribution in [3.05, 3.63) is 71.3 Å². The third kappa shape index (κ3) is 3.62. The Morgan fingerprint density at radius 3 is 2.68 bits per heavy atom. The van der Waals surface area contributed by atoms with Gasteiger partial charge in [0, 0.05) is 6.04 Å². The molecule has 1 saturated heterocycles. The van der Waals surface area contributed by atoms with Crippen LogP contribution >= 0.6 is 0 Å². The predicted octanol–water partition coefficient (Wildman–Crippen LogP) is 4.02. The van der Waals surface area contributed by atoms with Gasteiger partial charge < -0.3 is 5.32 Å². The molecule has 2 atom stereocenters. The lowest BCUT2D eigenvalue weighted by atomic mass is 9.88. The Balaban J connectivity index is 1.41. The lowest BCUT2D eigenvalue weighted by molar-refractivity contribution is -0.123. The summed E-state index contributed by atoms with van der Waals surface area (Å²) in [6.45, 7) is 1.51. The van der Waals surface area contributed by atoms with Crippen LogP contribution in [0.4, 0.5) is 0 Å². The fourth-order valence-electron chi connectivity index (χ4n) is 4.40. The molecular weight excluding hydrogens is 308 g/mol. The molecule has 4 rings (SSSR count). The normalized spacial score (nSPS) is 23.2. The first-order valence-electron chi connectivity index (χ1n) is 9.47. The second kappa shape index (κ2) is 7.40. The maximum Gasteiger partial charge on any atom is 0.234 e. The molecule has 25 heavy (non-hydrogen) atoms. The molecule has 3 nitrogen and oxygen atoms in total. The molecule has 1 aliphatic carbocycles. The summed E-state index contributed by atoms with van der Waals surface area (Å²) in [5.41, 5.74) is 4.03. The van der Waals surface area contributed by atoms with Crippen molar-refractivity contribution in [2.75, 3.05) is 13.1 Å². The molecular formula is C22H26N2O. The zero-order valence-corrected chi connectivity index (χ0v) is 14.7. The summed E-state index contributed by atoms with van der Waals surface area (Å²) in [6, 6.07) is 19.7. The summed E-state index contributed by atoms with van der Waals surface area (Å²) >= 11 is 0. The molecule has 0 radical (unpaired) electrons. The number of fused-ring (bicyclic) bond motifs is 1. The number of carbonyl (C=O) groups is 1. The number of nitrogens with zero attached hydrogens (tertiary/aromatic N) is 1. The van der Waals surface area contributed by atoms with Crippen molar-refractivity contribution >= 4 is 5.91 Å². The molecule has 2 aromatic carbocycles. The predicted molar refractivity (Wildman–Crippen MR) is 100 cm³/mol. The van der Waals surface area contributed by atoms with Crippen LogP contribution in [0.3, 0.4) is 0 Å². The number of hydrogen-bond acceptors (Lipinski definition) is 2. The highest BCUT2D eigenvalue weighted by Gasteiger charge is 2.28. The molecule has 2 aliphatic rings. The molecule has 0 bridgehead atoms. The van der Waals surface area contributed by atoms with Gasteiger partial charge in [-0.25, -0.2) is 0 Å². The molecule has 1 amide bonds. The van der Waals surface area contributed by atoms with Crippen LogP contribution < -0.4 is 5.32 Å². The lowest BCUT2D eigenvalue weighted by Gasteiger charge is -2.29. The number of aryl methyl sites for hydroxylation is 1. The van der Waals surface area contributed by atoms with Crippen LogP contribution in [0.25, 0.3) is 0 Å². The minimum atomic E-state index is 0.157. The van der Waals surface area contributed by atoms with E-state index < -0.39 is 0 Å². The lowest BCUT2D eigenvalue weighted by Crippen LogP contribution is -2.39. The SMILES string of the molecule is O=C(CN1CCCC1c1ccccc1)NC1CCCc2ccccc21. The zero-order chi connectivity index (χ0) is 17.1. The molecule has 2 aromatic rings. The van der Waals surface area contributed by atoms with Gasteiger partial charge in [0.2, 0.25) is 5.91 Å². The number of likely N-dealkylation sites (tertiary alicyclic amines) is 1. The molecule has 3 heteroatoms. The first-order valence-corrected chi connectivity index (χ1v) is 9.47. The van der Waals surface area contributed by atoms with Gasteiger partial charge in [0.15, 0.2) is 0 Å². The van der Waals surface area contributed by atoms with Crippen molar-refractivity contribution in [2.24, 2.45) is 0 Å². The van der Waals surface area contributed by atoms with E-state index in [2.05, 4.69) is 64.8 Å². The molecule has 2 unspecified atom stereocenters. The summed E-state index contributed by atoms with van der Waals surface area (Å²) in [4.78, 5) is 15.0. The van der Waals surface area contributed by atoms with Gasteiger partial charge in [0.25, 0.3) is 0 Å². The van der Waals surface area contributed by atoms with E-state index in [1.807, 2.05) is 0 Å². The van der Waals surface area contributed by atoms with Gasteiger partial charge >= 0.3 is 0 Å². The Morgan fingerprint density at radius 2 is 1.80 bits per heavy atom. The van der Waals surface area contributed by atoms with Gasteiger partial charge in [-0.3, -0.25) is 9.69 Å². The van der Waals surface area contributed by atoms with E-state index in [9.17, 15) is 4.79 Å². The number of amides is 1. The van der Waals surface area contributed by atoms with Crippen molar-refractivity contribution < 1.29 is 4.79 Å². The topological polar surface area (TPSA) is 32.3 Å². The van der Waals surface area contributed by atoms with E-state index in [4.69, 9.17) is 0 Å². The van der Waals surface area contributed by atoms with E-state index in [-0.39, 0.29) is 11.9 Å². The fourth-order valence-corrected chi connectivity index (χ4v) is 4.40. The van der Waals surface area contributed by atoms with E-state index >= 15 is 0 Å². The molecule has 0 saturated carbocycles. The highest BCUT2D eigenvalue weighted by molar-refractivity contribution is 5.78. The van der Waals surface area contributed by atoms with Gasteiger partial charge in [0.05, 0.1) is 12.6 Å². The number of hydrogen-bond donors (Lipinski definition) is 1. The Hall–Kier alpha value is -2.13. The minimum Gasteiger partial charge on any atom is -0.348 e. The Bertz CT molecular complexity index is 728. The quantitative estimate of drug-likeness (QED) is 0.916. The number of benzene rings is 2. The highest BCUT2D eigenvalue weighted by Crippen LogP contribution is 2.32. The maximum atomic E-state index is 12.7. The Kier molecular flexibility index (Phi) is 4.84. The van der Waals surface area contributed by atoms with Crippen LogP contribution in [0.15, 0.2) is 54.6 Å². The number of carbonyl (C=O) groups excluding carboxylic acids is 1. The molecule has 0 aromatic heterocycles. The van der Waals surface area contributed by atoms with Crippen LogP contribution in [-0.4, -0.2) is 23.9 Å². The van der Waals surface area contributed by atoms with Crippen LogP contribution in [0.1, 0.15) is 54.5 Å². The minimum absolute atomic E-state index is 0.157. The summed E-state index contributed by atoms with van der Waals surface area (Å²) in [5.74, 6) is 0.157. The summed E-state index contributed by atoms with van der Waals surface area (Å²) in [7, 11) is 0. The second-order valence-electron chi connectivity index (χ2n) is 7.25. The molecule has 130 valence electrons. The van der Waals surface area contributed by atoms with Crippen LogP contribution in [0, 0.1) is 0 Å². The highest BCUT2D eigenvalue weighted by atomic mass is 16.2. The van der Waals surface area contributed by atoms with Gasteiger partial charge in [-0.05, 0) is 55.3 Å². The number of nitrogens with one attached hydrogen (secondary N) is 1. The average molecular weight is 334 g/mol. The van der Waals surface area contributed by atoms with Crippen molar-refractivity contribution in [3.63, 3.8) is 0 Å². The van der Waals surface area contributed by atoms with Crippen molar-refractivity contribution in [2.45, 2.75) is 44.2 Å². The second-order valence-corrected chi connectivity index (χ2v) is 7.25. The maximum absolute atomic E-state index is 12.7. The number of rotatable bonds is 4. The molecule has 1 fully saturated rings. The van der Waals surface area contributed by atoms with Gasteiger partial charge in [0.1, 0.15) is 0 Å². The first-order chi connectivity index (χ1) is 12.3. The molecule has 1 aliphatic heterocycles. The molecule has 1 heterocycles. The van der Waals surface area contributed by atoms with Crippen LogP contribution in [0.5, 0.6) is 0 Å². The van der Waals surface area contributed by atoms with Crippen molar-refractivity contribution in [1.82, 2.24) is 10.2 Å². The van der Waals surface area contributed by atoms with E-state index in [1.54, 1.807) is 0 Å². The van der Waals surface area contributed by atoms with Gasteiger partial charge in [-0.1, -0.05) is 54.6 Å². The summed E-state index contributed by atoms with van der Waals surface area (Å²) in [6.07, 6.45) is 5.64. The zero-order valence-electron chi connectivity index (χ0n) is 14.7. The average Bonchev–Trinajstić information content (AvgIpc) is 3.11. The van der Waals surface area contributed by atoms with Gasteiger partial charge in [-0.15, -0.1) is 0 Å². The summed E-state index contributed by atoms with van der Waals surface area (Å²) < 4.78 is 0. The molecule has 0 spiro atoms.